The van der Waals surface area contributed by atoms with E-state index in [9.17, 15) is 4.79 Å². The number of thiocarbonyl (C=S) groups is 1. The van der Waals surface area contributed by atoms with Gasteiger partial charge in [0.15, 0.2) is 10.9 Å². The van der Waals surface area contributed by atoms with Gasteiger partial charge in [0.05, 0.1) is 17.9 Å². The standard InChI is InChI=1S/C17H20N6O2S/c1-10-13-11(21-22-16(20)26)8-17(2,3)9-12(13)25-14(10)15(24)23(6-4-18)7-5-19/h6-9H2,1-3H3,(H3,20,22,26)/b21-11-. The van der Waals surface area contributed by atoms with Crippen molar-refractivity contribution in [3.63, 3.8) is 0 Å². The molecule has 0 saturated carbocycles. The van der Waals surface area contributed by atoms with Crippen molar-refractivity contribution in [3.8, 4) is 12.1 Å². The third-order valence-corrected chi connectivity index (χ3v) is 4.19. The van der Waals surface area contributed by atoms with Crippen molar-refractivity contribution >= 4 is 28.9 Å². The number of nitriles is 2. The number of nitrogens with two attached hydrogens (primary N) is 1. The highest BCUT2D eigenvalue weighted by Gasteiger charge is 2.36. The molecule has 2 rings (SSSR count). The molecule has 26 heavy (non-hydrogen) atoms. The van der Waals surface area contributed by atoms with Crippen LogP contribution in [-0.2, 0) is 6.42 Å². The lowest BCUT2D eigenvalue weighted by Crippen LogP contribution is -2.32. The topological polar surface area (TPSA) is 131 Å². The Morgan fingerprint density at radius 1 is 1.38 bits per heavy atom. The van der Waals surface area contributed by atoms with Gasteiger partial charge < -0.3 is 15.1 Å². The maximum atomic E-state index is 12.7. The molecule has 3 N–H and O–H groups in total. The van der Waals surface area contributed by atoms with Crippen LogP contribution in [0.2, 0.25) is 0 Å². The molecule has 0 saturated heterocycles. The van der Waals surface area contributed by atoms with Crippen LogP contribution in [0.25, 0.3) is 0 Å². The van der Waals surface area contributed by atoms with Gasteiger partial charge in [-0.2, -0.15) is 15.6 Å². The third kappa shape index (κ3) is 4.01. The monoisotopic (exact) mass is 372 g/mol. The van der Waals surface area contributed by atoms with Gasteiger partial charge in [-0.15, -0.1) is 0 Å². The van der Waals surface area contributed by atoms with Crippen LogP contribution < -0.4 is 11.2 Å². The van der Waals surface area contributed by atoms with Crippen LogP contribution in [0.15, 0.2) is 9.52 Å². The van der Waals surface area contributed by atoms with Crippen LogP contribution in [0.5, 0.6) is 0 Å². The SMILES string of the molecule is Cc1c(C(=O)N(CC#N)CC#N)oc2c1/C(=N\NC(N)=S)CC(C)(C)C2. The molecule has 0 aliphatic heterocycles. The van der Waals surface area contributed by atoms with Gasteiger partial charge in [0, 0.05) is 17.5 Å². The molecule has 9 heteroatoms. The predicted octanol–water partition coefficient (Wildman–Crippen LogP) is 1.59. The van der Waals surface area contributed by atoms with E-state index < -0.39 is 5.91 Å². The minimum absolute atomic E-state index is 0.0501. The summed E-state index contributed by atoms with van der Waals surface area (Å²) in [4.78, 5) is 13.9. The maximum Gasteiger partial charge on any atom is 0.291 e. The lowest BCUT2D eigenvalue weighted by Gasteiger charge is -2.29. The number of furan rings is 1. The Bertz CT molecular complexity index is 840. The summed E-state index contributed by atoms with van der Waals surface area (Å²) in [6, 6.07) is 3.78. The molecule has 0 bridgehead atoms. The van der Waals surface area contributed by atoms with E-state index in [0.29, 0.717) is 29.9 Å². The summed E-state index contributed by atoms with van der Waals surface area (Å²) in [5, 5.41) is 22.1. The zero-order chi connectivity index (χ0) is 19.5. The molecule has 1 aromatic heterocycles. The van der Waals surface area contributed by atoms with E-state index in [-0.39, 0.29) is 29.4 Å². The average Bonchev–Trinajstić information content (AvgIpc) is 2.87. The lowest BCUT2D eigenvalue weighted by atomic mass is 9.75. The Balaban J connectivity index is 2.50. The minimum Gasteiger partial charge on any atom is -0.455 e. The highest BCUT2D eigenvalue weighted by atomic mass is 32.1. The van der Waals surface area contributed by atoms with Crippen LogP contribution in [0, 0.1) is 35.0 Å². The van der Waals surface area contributed by atoms with E-state index in [1.165, 1.54) is 0 Å². The fourth-order valence-corrected chi connectivity index (χ4v) is 3.10. The van der Waals surface area contributed by atoms with E-state index in [1.807, 2.05) is 12.1 Å². The number of amides is 1. The number of rotatable bonds is 4. The third-order valence-electron chi connectivity index (χ3n) is 4.10. The Morgan fingerprint density at radius 3 is 2.54 bits per heavy atom. The Labute approximate surface area is 157 Å². The molecule has 0 aromatic carbocycles. The molecule has 1 aliphatic carbocycles. The predicted molar refractivity (Wildman–Crippen MR) is 99.1 cm³/mol. The highest BCUT2D eigenvalue weighted by molar-refractivity contribution is 7.80. The second kappa shape index (κ2) is 7.54. The maximum absolute atomic E-state index is 12.7. The number of carbonyl (C=O) groups excluding carboxylic acids is 1. The molecule has 136 valence electrons. The molecule has 8 nitrogen and oxygen atoms in total. The number of carbonyl (C=O) groups is 1. The van der Waals surface area contributed by atoms with Crippen LogP contribution in [0.3, 0.4) is 0 Å². The van der Waals surface area contributed by atoms with Gasteiger partial charge in [0.2, 0.25) is 0 Å². The fraction of sp³-hybridized carbons (Fsp3) is 0.471. The Morgan fingerprint density at radius 2 is 2.00 bits per heavy atom. The summed E-state index contributed by atoms with van der Waals surface area (Å²) >= 11 is 4.81. The summed E-state index contributed by atoms with van der Waals surface area (Å²) in [6.07, 6.45) is 1.29. The molecule has 0 radical (unpaired) electrons. The smallest absolute Gasteiger partial charge is 0.291 e. The van der Waals surface area contributed by atoms with E-state index in [0.717, 1.165) is 10.5 Å². The van der Waals surface area contributed by atoms with E-state index >= 15 is 0 Å². The first-order valence-corrected chi connectivity index (χ1v) is 8.39. The fourth-order valence-electron chi connectivity index (χ4n) is 3.05. The molecule has 0 atom stereocenters. The van der Waals surface area contributed by atoms with Gasteiger partial charge >= 0.3 is 0 Å². The zero-order valence-corrected chi connectivity index (χ0v) is 15.7. The summed E-state index contributed by atoms with van der Waals surface area (Å²) in [7, 11) is 0. The summed E-state index contributed by atoms with van der Waals surface area (Å²) in [6.45, 7) is 5.53. The molecular weight excluding hydrogens is 352 g/mol. The van der Waals surface area contributed by atoms with Crippen LogP contribution in [0.4, 0.5) is 0 Å². The highest BCUT2D eigenvalue weighted by Crippen LogP contribution is 2.39. The van der Waals surface area contributed by atoms with Crippen LogP contribution in [-0.4, -0.2) is 34.7 Å². The molecule has 0 unspecified atom stereocenters. The van der Waals surface area contributed by atoms with Gasteiger partial charge in [-0.05, 0) is 31.0 Å². The molecule has 0 fully saturated rings. The summed E-state index contributed by atoms with van der Waals surface area (Å²) in [5.41, 5.74) is 10.0. The van der Waals surface area contributed by atoms with Crippen molar-refractivity contribution in [3.05, 3.63) is 22.6 Å². The van der Waals surface area contributed by atoms with Crippen molar-refractivity contribution in [1.29, 1.82) is 10.5 Å². The van der Waals surface area contributed by atoms with Gasteiger partial charge in [0.1, 0.15) is 18.8 Å². The molecule has 0 spiro atoms. The number of fused-ring (bicyclic) bond motifs is 1. The first-order valence-electron chi connectivity index (χ1n) is 7.98. The van der Waals surface area contributed by atoms with Crippen molar-refractivity contribution in [2.45, 2.75) is 33.6 Å². The minimum atomic E-state index is -0.487. The average molecular weight is 372 g/mol. The van der Waals surface area contributed by atoms with Gasteiger partial charge in [-0.1, -0.05) is 13.8 Å². The van der Waals surface area contributed by atoms with Crippen LogP contribution >= 0.6 is 12.2 Å². The molecule has 1 amide bonds. The van der Waals surface area contributed by atoms with Crippen LogP contribution in [0.1, 0.15) is 47.7 Å². The summed E-state index contributed by atoms with van der Waals surface area (Å²) in [5.74, 6) is 0.292. The van der Waals surface area contributed by atoms with Gasteiger partial charge in [-0.3, -0.25) is 10.2 Å². The van der Waals surface area contributed by atoms with Crippen molar-refractivity contribution in [1.82, 2.24) is 10.3 Å². The second-order valence-corrected chi connectivity index (χ2v) is 7.32. The first-order chi connectivity index (χ1) is 12.2. The molecule has 1 heterocycles. The van der Waals surface area contributed by atoms with E-state index in [1.54, 1.807) is 6.92 Å². The van der Waals surface area contributed by atoms with Crippen molar-refractivity contribution in [2.75, 3.05) is 13.1 Å². The first kappa shape index (κ1) is 19.4. The Kier molecular flexibility index (Phi) is 5.63. The zero-order valence-electron chi connectivity index (χ0n) is 14.9. The van der Waals surface area contributed by atoms with Gasteiger partial charge in [0.25, 0.3) is 5.91 Å². The molecular formula is C17H20N6O2S. The molecule has 1 aliphatic rings. The normalized spacial score (nSPS) is 16.3. The second-order valence-electron chi connectivity index (χ2n) is 6.88. The van der Waals surface area contributed by atoms with E-state index in [4.69, 9.17) is 32.9 Å². The number of hydrazone groups is 1. The summed E-state index contributed by atoms with van der Waals surface area (Å²) < 4.78 is 5.86. The van der Waals surface area contributed by atoms with E-state index in [2.05, 4.69) is 24.4 Å². The quantitative estimate of drug-likeness (QED) is 0.466. The van der Waals surface area contributed by atoms with Crippen molar-refractivity contribution < 1.29 is 9.21 Å². The molecule has 1 aromatic rings. The largest absolute Gasteiger partial charge is 0.455 e. The van der Waals surface area contributed by atoms with Crippen molar-refractivity contribution in [2.24, 2.45) is 16.3 Å². The number of hydrogen-bond acceptors (Lipinski definition) is 6. The Hall–Kier alpha value is -2.91. The van der Waals surface area contributed by atoms with Gasteiger partial charge in [-0.25, -0.2) is 0 Å². The number of nitrogens with one attached hydrogen (secondary N) is 1. The number of nitrogens with zero attached hydrogens (tertiary/aromatic N) is 4. The number of hydrogen-bond donors (Lipinski definition) is 2. The lowest BCUT2D eigenvalue weighted by molar-refractivity contribution is 0.0759.